The maximum atomic E-state index is 13.3. The molecule has 0 spiro atoms. The molecule has 1 N–H and O–H groups in total. The highest BCUT2D eigenvalue weighted by Gasteiger charge is 2.35. The molecule has 146 valence electrons. The summed E-state index contributed by atoms with van der Waals surface area (Å²) in [6.07, 6.45) is 1.90. The van der Waals surface area contributed by atoms with Crippen LogP contribution in [0.5, 0.6) is 5.75 Å². The van der Waals surface area contributed by atoms with Gasteiger partial charge in [-0.1, -0.05) is 47.5 Å². The van der Waals surface area contributed by atoms with Crippen LogP contribution in [0.15, 0.2) is 84.6 Å². The van der Waals surface area contributed by atoms with E-state index in [1.807, 2.05) is 54.6 Å². The molecule has 0 aromatic heterocycles. The van der Waals surface area contributed by atoms with Crippen LogP contribution in [-0.4, -0.2) is 13.0 Å². The summed E-state index contributed by atoms with van der Waals surface area (Å²) in [7, 11) is 1.62. The van der Waals surface area contributed by atoms with E-state index in [9.17, 15) is 4.79 Å². The van der Waals surface area contributed by atoms with Crippen molar-refractivity contribution in [3.63, 3.8) is 0 Å². The van der Waals surface area contributed by atoms with Gasteiger partial charge in [0.25, 0.3) is 5.91 Å². The third-order valence-corrected chi connectivity index (χ3v) is 5.15. The van der Waals surface area contributed by atoms with Gasteiger partial charge in [0, 0.05) is 21.4 Å². The molecular weight excluding hydrogens is 407 g/mol. The van der Waals surface area contributed by atoms with Gasteiger partial charge in [-0.25, -0.2) is 0 Å². The lowest BCUT2D eigenvalue weighted by molar-refractivity contribution is -0.114. The molecule has 0 aliphatic carbocycles. The molecule has 29 heavy (non-hydrogen) atoms. The molecule has 6 heteroatoms. The van der Waals surface area contributed by atoms with Gasteiger partial charge in [-0.2, -0.15) is 0 Å². The average molecular weight is 425 g/mol. The van der Waals surface area contributed by atoms with Crippen molar-refractivity contribution in [1.82, 2.24) is 0 Å². The summed E-state index contributed by atoms with van der Waals surface area (Å²) in [5.41, 5.74) is 2.87. The standard InChI is InChI=1S/C23H18Cl2N2O2/c1-29-20-10-2-5-15(11-20)22-14-21(26-18-8-3-6-16(24)12-18)23(28)27(22)19-9-4-7-17(25)13-19/h2-14,22,26H,1H3/t22-/m0/s1. The first-order valence-corrected chi connectivity index (χ1v) is 9.78. The van der Waals surface area contributed by atoms with Crippen molar-refractivity contribution in [2.24, 2.45) is 0 Å². The first kappa shape index (κ1) is 19.4. The first-order chi connectivity index (χ1) is 14.0. The number of hydrogen-bond donors (Lipinski definition) is 1. The Balaban J connectivity index is 1.76. The van der Waals surface area contributed by atoms with Gasteiger partial charge in [0.05, 0.1) is 13.2 Å². The number of methoxy groups -OCH3 is 1. The number of carbonyl (C=O) groups excluding carboxylic acids is 1. The molecule has 0 radical (unpaired) electrons. The third-order valence-electron chi connectivity index (χ3n) is 4.68. The van der Waals surface area contributed by atoms with Crippen LogP contribution in [0.2, 0.25) is 10.0 Å². The maximum absolute atomic E-state index is 13.3. The van der Waals surface area contributed by atoms with Gasteiger partial charge >= 0.3 is 0 Å². The van der Waals surface area contributed by atoms with Crippen LogP contribution in [0.3, 0.4) is 0 Å². The number of anilines is 2. The van der Waals surface area contributed by atoms with Gasteiger partial charge < -0.3 is 10.1 Å². The van der Waals surface area contributed by atoms with E-state index < -0.39 is 0 Å². The maximum Gasteiger partial charge on any atom is 0.275 e. The van der Waals surface area contributed by atoms with E-state index >= 15 is 0 Å². The van der Waals surface area contributed by atoms with E-state index in [2.05, 4.69) is 5.32 Å². The van der Waals surface area contributed by atoms with Gasteiger partial charge in [-0.05, 0) is 60.2 Å². The number of rotatable bonds is 5. The number of carbonyl (C=O) groups is 1. The van der Waals surface area contributed by atoms with Crippen molar-refractivity contribution in [1.29, 1.82) is 0 Å². The summed E-state index contributed by atoms with van der Waals surface area (Å²) in [4.78, 5) is 15.0. The highest BCUT2D eigenvalue weighted by molar-refractivity contribution is 6.31. The number of benzene rings is 3. The number of halogens is 2. The number of amides is 1. The van der Waals surface area contributed by atoms with Gasteiger partial charge in [0.1, 0.15) is 11.4 Å². The van der Waals surface area contributed by atoms with Crippen LogP contribution in [0.25, 0.3) is 0 Å². The summed E-state index contributed by atoms with van der Waals surface area (Å²) in [5.74, 6) is 0.575. The summed E-state index contributed by atoms with van der Waals surface area (Å²) in [5, 5.41) is 4.36. The average Bonchev–Trinajstić information content (AvgIpc) is 3.04. The molecule has 0 unspecified atom stereocenters. The van der Waals surface area contributed by atoms with Crippen molar-refractivity contribution < 1.29 is 9.53 Å². The molecule has 4 nitrogen and oxygen atoms in total. The van der Waals surface area contributed by atoms with Gasteiger partial charge in [0.2, 0.25) is 0 Å². The van der Waals surface area contributed by atoms with E-state index in [4.69, 9.17) is 27.9 Å². The molecule has 1 aliphatic rings. The van der Waals surface area contributed by atoms with E-state index in [0.29, 0.717) is 15.7 Å². The second-order valence-corrected chi connectivity index (χ2v) is 7.47. The van der Waals surface area contributed by atoms with Crippen LogP contribution in [0.1, 0.15) is 11.6 Å². The normalized spacial score (nSPS) is 16.0. The molecule has 0 fully saturated rings. The highest BCUT2D eigenvalue weighted by atomic mass is 35.5. The third kappa shape index (κ3) is 4.09. The Morgan fingerprint density at radius 2 is 1.66 bits per heavy atom. The van der Waals surface area contributed by atoms with E-state index in [1.165, 1.54) is 0 Å². The lowest BCUT2D eigenvalue weighted by Crippen LogP contribution is -2.30. The van der Waals surface area contributed by atoms with Gasteiger partial charge in [0.15, 0.2) is 0 Å². The molecule has 1 amide bonds. The zero-order chi connectivity index (χ0) is 20.4. The van der Waals surface area contributed by atoms with Crippen LogP contribution < -0.4 is 15.0 Å². The fourth-order valence-electron chi connectivity index (χ4n) is 3.35. The Kier molecular flexibility index (Phi) is 5.47. The van der Waals surface area contributed by atoms with Crippen molar-refractivity contribution >= 4 is 40.5 Å². The largest absolute Gasteiger partial charge is 0.497 e. The SMILES string of the molecule is COc1cccc([C@@H]2C=C(Nc3cccc(Cl)c3)C(=O)N2c2cccc(Cl)c2)c1. The Hall–Kier alpha value is -2.95. The molecule has 0 saturated carbocycles. The highest BCUT2D eigenvalue weighted by Crippen LogP contribution is 2.38. The summed E-state index contributed by atoms with van der Waals surface area (Å²) < 4.78 is 5.36. The van der Waals surface area contributed by atoms with Gasteiger partial charge in [-0.15, -0.1) is 0 Å². The Bertz CT molecular complexity index is 1100. The predicted molar refractivity (Wildman–Crippen MR) is 118 cm³/mol. The minimum atomic E-state index is -0.308. The number of nitrogens with one attached hydrogen (secondary N) is 1. The van der Waals surface area contributed by atoms with E-state index in [1.54, 1.807) is 36.3 Å². The number of hydrogen-bond acceptors (Lipinski definition) is 3. The van der Waals surface area contributed by atoms with E-state index in [0.717, 1.165) is 22.7 Å². The topological polar surface area (TPSA) is 41.6 Å². The molecule has 1 heterocycles. The fraction of sp³-hybridized carbons (Fsp3) is 0.0870. The molecule has 1 atom stereocenters. The van der Waals surface area contributed by atoms with Crippen molar-refractivity contribution in [3.05, 3.63) is 100 Å². The fourth-order valence-corrected chi connectivity index (χ4v) is 3.73. The van der Waals surface area contributed by atoms with Crippen LogP contribution in [-0.2, 0) is 4.79 Å². The molecule has 3 aromatic rings. The lowest BCUT2D eigenvalue weighted by atomic mass is 10.1. The molecule has 0 bridgehead atoms. The predicted octanol–water partition coefficient (Wildman–Crippen LogP) is 6.09. The Morgan fingerprint density at radius 3 is 2.38 bits per heavy atom. The number of nitrogens with zero attached hydrogens (tertiary/aromatic N) is 1. The van der Waals surface area contributed by atoms with Crippen molar-refractivity contribution in [2.75, 3.05) is 17.3 Å². The summed E-state index contributed by atoms with van der Waals surface area (Å²) >= 11 is 12.3. The summed E-state index contributed by atoms with van der Waals surface area (Å²) in [6, 6.07) is 21.9. The molecular formula is C23H18Cl2N2O2. The van der Waals surface area contributed by atoms with Gasteiger partial charge in [-0.3, -0.25) is 9.69 Å². The molecule has 1 aliphatic heterocycles. The first-order valence-electron chi connectivity index (χ1n) is 9.02. The minimum absolute atomic E-state index is 0.153. The zero-order valence-corrected chi connectivity index (χ0v) is 17.1. The van der Waals surface area contributed by atoms with Crippen LogP contribution in [0.4, 0.5) is 11.4 Å². The van der Waals surface area contributed by atoms with E-state index in [-0.39, 0.29) is 11.9 Å². The quantitative estimate of drug-likeness (QED) is 0.538. The monoisotopic (exact) mass is 424 g/mol. The van der Waals surface area contributed by atoms with Crippen LogP contribution in [0, 0.1) is 0 Å². The molecule has 0 saturated heterocycles. The minimum Gasteiger partial charge on any atom is -0.497 e. The smallest absolute Gasteiger partial charge is 0.275 e. The lowest BCUT2D eigenvalue weighted by Gasteiger charge is -2.25. The van der Waals surface area contributed by atoms with Crippen molar-refractivity contribution in [2.45, 2.75) is 6.04 Å². The second-order valence-electron chi connectivity index (χ2n) is 6.59. The Morgan fingerprint density at radius 1 is 0.931 bits per heavy atom. The van der Waals surface area contributed by atoms with Crippen LogP contribution >= 0.6 is 23.2 Å². The molecule has 3 aromatic carbocycles. The van der Waals surface area contributed by atoms with Crippen molar-refractivity contribution in [3.8, 4) is 5.75 Å². The Labute approximate surface area is 179 Å². The molecule has 4 rings (SSSR count). The second kappa shape index (κ2) is 8.19. The number of ether oxygens (including phenoxy) is 1. The summed E-state index contributed by atoms with van der Waals surface area (Å²) in [6.45, 7) is 0. The zero-order valence-electron chi connectivity index (χ0n) is 15.6.